The predicted octanol–water partition coefficient (Wildman–Crippen LogP) is 1.56. The van der Waals surface area contributed by atoms with Crippen molar-refractivity contribution >= 4 is 9.84 Å². The van der Waals surface area contributed by atoms with E-state index in [1.165, 1.54) is 18.4 Å². The predicted molar refractivity (Wildman–Crippen MR) is 85.4 cm³/mol. The standard InChI is InChI=1S/C16H20N4O2S/c21-23(22,11-16-17-18-19-20(16)10-12-5-6-12)15-8-7-13-3-1-2-4-14(13)9-15/h1-4,12,15H,5-11H2. The molecule has 0 amide bonds. The normalized spacial score (nSPS) is 21.1. The summed E-state index contributed by atoms with van der Waals surface area (Å²) in [5, 5.41) is 11.2. The average molecular weight is 332 g/mol. The van der Waals surface area contributed by atoms with E-state index in [1.807, 2.05) is 18.2 Å². The fourth-order valence-corrected chi connectivity index (χ4v) is 4.99. The molecule has 122 valence electrons. The van der Waals surface area contributed by atoms with Crippen molar-refractivity contribution in [3.8, 4) is 0 Å². The molecule has 0 aliphatic heterocycles. The smallest absolute Gasteiger partial charge is 0.166 e. The zero-order valence-electron chi connectivity index (χ0n) is 12.9. The van der Waals surface area contributed by atoms with Gasteiger partial charge in [0, 0.05) is 6.54 Å². The SMILES string of the molecule is O=S(=O)(Cc1nnnn1CC1CC1)C1CCc2ccccc2C1. The van der Waals surface area contributed by atoms with Crippen molar-refractivity contribution in [2.45, 2.75) is 49.7 Å². The van der Waals surface area contributed by atoms with Crippen LogP contribution in [0.15, 0.2) is 24.3 Å². The minimum Gasteiger partial charge on any atom is -0.228 e. The number of aromatic nitrogens is 4. The van der Waals surface area contributed by atoms with Gasteiger partial charge < -0.3 is 0 Å². The molecule has 1 aromatic heterocycles. The zero-order valence-corrected chi connectivity index (χ0v) is 13.7. The highest BCUT2D eigenvalue weighted by Crippen LogP contribution is 2.31. The van der Waals surface area contributed by atoms with Gasteiger partial charge in [0.05, 0.1) is 5.25 Å². The van der Waals surface area contributed by atoms with Crippen LogP contribution in [-0.2, 0) is 35.0 Å². The Kier molecular flexibility index (Phi) is 3.67. The number of tetrazole rings is 1. The van der Waals surface area contributed by atoms with Gasteiger partial charge in [-0.05, 0) is 59.6 Å². The largest absolute Gasteiger partial charge is 0.228 e. The van der Waals surface area contributed by atoms with Crippen LogP contribution in [0, 0.1) is 5.92 Å². The van der Waals surface area contributed by atoms with E-state index in [4.69, 9.17) is 0 Å². The van der Waals surface area contributed by atoms with Crippen LogP contribution in [0.1, 0.15) is 36.2 Å². The van der Waals surface area contributed by atoms with Gasteiger partial charge in [-0.15, -0.1) is 5.10 Å². The molecule has 1 fully saturated rings. The van der Waals surface area contributed by atoms with E-state index < -0.39 is 9.84 Å². The molecule has 1 heterocycles. The Balaban J connectivity index is 1.51. The number of sulfone groups is 1. The van der Waals surface area contributed by atoms with Gasteiger partial charge >= 0.3 is 0 Å². The summed E-state index contributed by atoms with van der Waals surface area (Å²) in [7, 11) is -3.25. The number of fused-ring (bicyclic) bond motifs is 1. The van der Waals surface area contributed by atoms with Crippen molar-refractivity contribution in [1.29, 1.82) is 0 Å². The summed E-state index contributed by atoms with van der Waals surface area (Å²) in [5.74, 6) is 1.04. The fraction of sp³-hybridized carbons (Fsp3) is 0.562. The van der Waals surface area contributed by atoms with E-state index in [0.717, 1.165) is 18.5 Å². The van der Waals surface area contributed by atoms with E-state index >= 15 is 0 Å². The zero-order chi connectivity index (χ0) is 15.9. The van der Waals surface area contributed by atoms with Crippen LogP contribution in [0.3, 0.4) is 0 Å². The maximum atomic E-state index is 12.8. The van der Waals surface area contributed by atoms with Gasteiger partial charge in [-0.25, -0.2) is 13.1 Å². The summed E-state index contributed by atoms with van der Waals surface area (Å²) >= 11 is 0. The van der Waals surface area contributed by atoms with Gasteiger partial charge in [0.2, 0.25) is 0 Å². The van der Waals surface area contributed by atoms with Crippen LogP contribution >= 0.6 is 0 Å². The third-order valence-electron chi connectivity index (χ3n) is 4.87. The van der Waals surface area contributed by atoms with Crippen molar-refractivity contribution in [1.82, 2.24) is 20.2 Å². The highest BCUT2D eigenvalue weighted by Gasteiger charge is 2.32. The van der Waals surface area contributed by atoms with Gasteiger partial charge in [-0.3, -0.25) is 0 Å². The summed E-state index contributed by atoms with van der Waals surface area (Å²) in [6.07, 6.45) is 4.48. The Morgan fingerprint density at radius 1 is 1.13 bits per heavy atom. The lowest BCUT2D eigenvalue weighted by molar-refractivity contribution is 0.522. The Labute approximate surface area is 135 Å². The van der Waals surface area contributed by atoms with Crippen LogP contribution in [0.5, 0.6) is 0 Å². The average Bonchev–Trinajstić information content (AvgIpc) is 3.27. The van der Waals surface area contributed by atoms with Crippen molar-refractivity contribution < 1.29 is 8.42 Å². The van der Waals surface area contributed by atoms with Crippen LogP contribution in [0.2, 0.25) is 0 Å². The lowest BCUT2D eigenvalue weighted by Gasteiger charge is -2.24. The number of nitrogens with zero attached hydrogens (tertiary/aromatic N) is 4. The molecule has 0 bridgehead atoms. The molecular weight excluding hydrogens is 312 g/mol. The Morgan fingerprint density at radius 3 is 2.70 bits per heavy atom. The first-order valence-corrected chi connectivity index (χ1v) is 9.87. The van der Waals surface area contributed by atoms with E-state index in [2.05, 4.69) is 21.6 Å². The second kappa shape index (κ2) is 5.70. The molecular formula is C16H20N4O2S. The Morgan fingerprint density at radius 2 is 1.91 bits per heavy atom. The van der Waals surface area contributed by atoms with Gasteiger partial charge in [0.1, 0.15) is 5.75 Å². The van der Waals surface area contributed by atoms with Crippen LogP contribution in [0.25, 0.3) is 0 Å². The molecule has 7 heteroatoms. The van der Waals surface area contributed by atoms with E-state index in [-0.39, 0.29) is 11.0 Å². The first-order chi connectivity index (χ1) is 11.1. The van der Waals surface area contributed by atoms with Crippen molar-refractivity contribution in [2.24, 2.45) is 5.92 Å². The Bertz CT molecular complexity index is 811. The minimum atomic E-state index is -3.25. The first kappa shape index (κ1) is 14.8. The van der Waals surface area contributed by atoms with Gasteiger partial charge in [0.15, 0.2) is 15.7 Å². The molecule has 1 saturated carbocycles. The lowest BCUT2D eigenvalue weighted by atomic mass is 9.92. The van der Waals surface area contributed by atoms with Crippen molar-refractivity contribution in [3.05, 3.63) is 41.2 Å². The molecule has 23 heavy (non-hydrogen) atoms. The molecule has 4 rings (SSSR count). The number of hydrogen-bond acceptors (Lipinski definition) is 5. The van der Waals surface area contributed by atoms with Crippen LogP contribution in [0.4, 0.5) is 0 Å². The van der Waals surface area contributed by atoms with Crippen LogP contribution < -0.4 is 0 Å². The molecule has 0 N–H and O–H groups in total. The second-order valence-corrected chi connectivity index (χ2v) is 8.94. The molecule has 1 atom stereocenters. The van der Waals surface area contributed by atoms with E-state index in [9.17, 15) is 8.42 Å². The molecule has 0 radical (unpaired) electrons. The number of hydrogen-bond donors (Lipinski definition) is 0. The third-order valence-corrected chi connectivity index (χ3v) is 6.95. The quantitative estimate of drug-likeness (QED) is 0.830. The highest BCUT2D eigenvalue weighted by molar-refractivity contribution is 7.91. The van der Waals surface area contributed by atoms with E-state index in [0.29, 0.717) is 24.6 Å². The summed E-state index contributed by atoms with van der Waals surface area (Å²) < 4.78 is 27.3. The first-order valence-electron chi connectivity index (χ1n) is 8.15. The maximum Gasteiger partial charge on any atom is 0.166 e. The molecule has 0 spiro atoms. The molecule has 2 aromatic rings. The van der Waals surface area contributed by atoms with Crippen LogP contribution in [-0.4, -0.2) is 33.9 Å². The van der Waals surface area contributed by atoms with Gasteiger partial charge in [-0.1, -0.05) is 24.3 Å². The summed E-state index contributed by atoms with van der Waals surface area (Å²) in [6, 6.07) is 8.12. The van der Waals surface area contributed by atoms with Gasteiger partial charge in [0.25, 0.3) is 0 Å². The number of aryl methyl sites for hydroxylation is 1. The second-order valence-electron chi connectivity index (χ2n) is 6.66. The van der Waals surface area contributed by atoms with Gasteiger partial charge in [-0.2, -0.15) is 0 Å². The molecule has 2 aliphatic rings. The molecule has 0 saturated heterocycles. The molecule has 6 nitrogen and oxygen atoms in total. The summed E-state index contributed by atoms with van der Waals surface area (Å²) in [4.78, 5) is 0. The monoisotopic (exact) mass is 332 g/mol. The fourth-order valence-electron chi connectivity index (χ4n) is 3.28. The molecule has 1 unspecified atom stereocenters. The topological polar surface area (TPSA) is 77.7 Å². The lowest BCUT2D eigenvalue weighted by Crippen LogP contribution is -2.30. The minimum absolute atomic E-state index is 0.0560. The number of benzene rings is 1. The summed E-state index contributed by atoms with van der Waals surface area (Å²) in [6.45, 7) is 0.741. The summed E-state index contributed by atoms with van der Waals surface area (Å²) in [5.41, 5.74) is 2.43. The highest BCUT2D eigenvalue weighted by atomic mass is 32.2. The van der Waals surface area contributed by atoms with Crippen molar-refractivity contribution in [2.75, 3.05) is 0 Å². The number of rotatable bonds is 5. The Hall–Kier alpha value is -1.76. The molecule has 2 aliphatic carbocycles. The third kappa shape index (κ3) is 3.15. The van der Waals surface area contributed by atoms with Crippen molar-refractivity contribution in [3.63, 3.8) is 0 Å². The molecule has 1 aromatic carbocycles. The van der Waals surface area contributed by atoms with E-state index in [1.54, 1.807) is 4.68 Å². The maximum absolute atomic E-state index is 12.8.